The number of nitrogens with one attached hydrogen (secondary N) is 9. The third-order valence-corrected chi connectivity index (χ3v) is 15.3. The van der Waals surface area contributed by atoms with Crippen molar-refractivity contribution in [1.29, 1.82) is 0 Å². The minimum atomic E-state index is -1.82. The van der Waals surface area contributed by atoms with Gasteiger partial charge in [0.15, 0.2) is 11.9 Å². The second kappa shape index (κ2) is 51.2. The molecule has 0 aromatic heterocycles. The number of nitrogens with two attached hydrogens (primary N) is 10. The van der Waals surface area contributed by atoms with Crippen molar-refractivity contribution in [2.45, 2.75) is 196 Å². The lowest BCUT2D eigenvalue weighted by atomic mass is 10.0. The molecular formula is C64H109N21O17. The first-order valence-corrected chi connectivity index (χ1v) is 33.7. The number of carboxylic acid groups (broad SMARTS) is 2. The van der Waals surface area contributed by atoms with Crippen LogP contribution in [0.1, 0.15) is 134 Å². The third kappa shape index (κ3) is 39.1. The van der Waals surface area contributed by atoms with Crippen LogP contribution in [0.15, 0.2) is 58.5 Å². The lowest BCUT2D eigenvalue weighted by molar-refractivity contribution is -0.142. The predicted molar refractivity (Wildman–Crippen MR) is 377 cm³/mol. The number of carbonyl (C=O) groups excluding carboxylic acids is 10. The van der Waals surface area contributed by atoms with Crippen LogP contribution in [-0.2, 0) is 70.4 Å². The largest absolute Gasteiger partial charge is 0.508 e. The number of nitrogens with zero attached hydrogens (tertiary/aromatic N) is 2. The van der Waals surface area contributed by atoms with Crippen molar-refractivity contribution in [3.63, 3.8) is 0 Å². The number of unbranched alkanes of at least 4 members (excludes halogenated alkanes) is 4. The number of amides is 10. The van der Waals surface area contributed by atoms with Crippen molar-refractivity contribution in [1.82, 2.24) is 47.9 Å². The van der Waals surface area contributed by atoms with Crippen molar-refractivity contribution >= 4 is 82.9 Å². The molecule has 0 aliphatic rings. The van der Waals surface area contributed by atoms with Gasteiger partial charge in [-0.15, -0.1) is 0 Å². The quantitative estimate of drug-likeness (QED) is 0.0166. The van der Waals surface area contributed by atoms with Crippen molar-refractivity contribution in [3.8, 4) is 11.5 Å². The average Bonchev–Trinajstić information content (AvgIpc) is 0.862. The van der Waals surface area contributed by atoms with Crippen LogP contribution in [-0.4, -0.2) is 215 Å². The highest BCUT2D eigenvalue weighted by Crippen LogP contribution is 2.16. The van der Waals surface area contributed by atoms with E-state index in [9.17, 15) is 73.2 Å². The van der Waals surface area contributed by atoms with E-state index in [0.717, 1.165) is 6.92 Å². The van der Waals surface area contributed by atoms with E-state index in [1.54, 1.807) is 0 Å². The Bertz CT molecular complexity index is 3010. The zero-order valence-corrected chi connectivity index (χ0v) is 57.8. The summed E-state index contributed by atoms with van der Waals surface area (Å²) in [6.45, 7) is 0.842. The second-order valence-electron chi connectivity index (χ2n) is 24.0. The van der Waals surface area contributed by atoms with Crippen LogP contribution in [0.25, 0.3) is 0 Å². The molecule has 0 aliphatic carbocycles. The fraction of sp³-hybridized carbons (Fsp3) is 0.594. The molecule has 34 N–H and O–H groups in total. The van der Waals surface area contributed by atoms with E-state index < -0.39 is 151 Å². The molecule has 0 unspecified atom stereocenters. The topological polar surface area (TPSA) is 699 Å². The third-order valence-electron chi connectivity index (χ3n) is 15.3. The molecule has 38 nitrogen and oxygen atoms in total. The normalized spacial score (nSPS) is 13.8. The summed E-state index contributed by atoms with van der Waals surface area (Å²) in [5, 5.41) is 70.7. The van der Waals surface area contributed by atoms with Crippen LogP contribution in [0.2, 0.25) is 0 Å². The van der Waals surface area contributed by atoms with E-state index in [2.05, 4.69) is 57.8 Å². The number of hydrogen-bond acceptors (Lipinski definition) is 22. The molecule has 0 spiro atoms. The maximum absolute atomic E-state index is 14.6. The van der Waals surface area contributed by atoms with Crippen LogP contribution in [0.3, 0.4) is 0 Å². The SMILES string of the molecule is CC(=O)O.NCCCC[C@H](NC(=O)[C@H](Cc1ccc(O)cc1)NC(=O)[C@H](CO)NC(=O)[C@H](CCCN=C(N)N)NC(=O)[C@H](CCCN=C(N)N)NC(=O)[C@H](CCCCN)NC(=O)[C@H](CCC(N)=O)NC(=O)[C@H](CCCCN)NC(=O)[C@H](Cc1ccc(O)cc1)NC(=O)[C@@H](N)CCCCN)C(=O)O. The highest BCUT2D eigenvalue weighted by molar-refractivity contribution is 5.99. The minimum Gasteiger partial charge on any atom is -0.508 e. The fourth-order valence-corrected chi connectivity index (χ4v) is 9.82. The van der Waals surface area contributed by atoms with E-state index in [-0.39, 0.29) is 133 Å². The molecule has 2 rings (SSSR count). The molecule has 0 bridgehead atoms. The van der Waals surface area contributed by atoms with Crippen molar-refractivity contribution in [2.75, 3.05) is 45.9 Å². The van der Waals surface area contributed by atoms with Crippen LogP contribution >= 0.6 is 0 Å². The summed E-state index contributed by atoms with van der Waals surface area (Å²) in [7, 11) is 0. The van der Waals surface area contributed by atoms with Crippen LogP contribution in [0, 0.1) is 0 Å². The van der Waals surface area contributed by atoms with Gasteiger partial charge >= 0.3 is 5.97 Å². The minimum absolute atomic E-state index is 0.00734. The number of carbonyl (C=O) groups is 12. The predicted octanol–water partition coefficient (Wildman–Crippen LogP) is -6.37. The van der Waals surface area contributed by atoms with Gasteiger partial charge in [-0.25, -0.2) is 4.79 Å². The summed E-state index contributed by atoms with van der Waals surface area (Å²) in [5.41, 5.74) is 57.7. The smallest absolute Gasteiger partial charge is 0.326 e. The molecule has 2 aromatic rings. The van der Waals surface area contributed by atoms with Crippen molar-refractivity contribution in [3.05, 3.63) is 59.7 Å². The number of aliphatic hydroxyl groups is 1. The molecule has 102 heavy (non-hydrogen) atoms. The summed E-state index contributed by atoms with van der Waals surface area (Å²) in [4.78, 5) is 169. The lowest BCUT2D eigenvalue weighted by Crippen LogP contribution is -2.61. The van der Waals surface area contributed by atoms with Crippen LogP contribution < -0.4 is 105 Å². The molecule has 0 heterocycles. The van der Waals surface area contributed by atoms with Crippen molar-refractivity contribution < 1.29 is 83.1 Å². The summed E-state index contributed by atoms with van der Waals surface area (Å²) >= 11 is 0. The van der Waals surface area contributed by atoms with E-state index in [1.165, 1.54) is 48.5 Å². The molecular weight excluding hydrogens is 1330 g/mol. The van der Waals surface area contributed by atoms with Gasteiger partial charge in [-0.1, -0.05) is 30.7 Å². The monoisotopic (exact) mass is 1440 g/mol. The van der Waals surface area contributed by atoms with Gasteiger partial charge < -0.3 is 131 Å². The van der Waals surface area contributed by atoms with Gasteiger partial charge in [-0.2, -0.15) is 0 Å². The highest BCUT2D eigenvalue weighted by Gasteiger charge is 2.36. The Morgan fingerprint density at radius 1 is 0.373 bits per heavy atom. The fourth-order valence-electron chi connectivity index (χ4n) is 9.82. The molecule has 10 atom stereocenters. The molecule has 572 valence electrons. The zero-order valence-electron chi connectivity index (χ0n) is 57.8. The molecule has 0 saturated heterocycles. The van der Waals surface area contributed by atoms with Crippen molar-refractivity contribution in [2.24, 2.45) is 67.3 Å². The Balaban J connectivity index is 0.0000126. The average molecular weight is 1440 g/mol. The number of rotatable bonds is 51. The number of benzene rings is 2. The summed E-state index contributed by atoms with van der Waals surface area (Å²) in [6.07, 6.45) is 1.50. The maximum Gasteiger partial charge on any atom is 0.326 e. The Labute approximate surface area is 592 Å². The first-order chi connectivity index (χ1) is 48.4. The number of aliphatic carboxylic acids is 2. The van der Waals surface area contributed by atoms with Gasteiger partial charge in [0.25, 0.3) is 5.97 Å². The number of phenolic OH excluding ortho intramolecular Hbond substituents is 2. The molecule has 0 saturated carbocycles. The number of aromatic hydroxyl groups is 2. The van der Waals surface area contributed by atoms with Gasteiger partial charge in [0.05, 0.1) is 12.6 Å². The molecule has 2 aromatic carbocycles. The summed E-state index contributed by atoms with van der Waals surface area (Å²) in [5.74, 6) is -12.4. The lowest BCUT2D eigenvalue weighted by Gasteiger charge is -2.28. The van der Waals surface area contributed by atoms with Gasteiger partial charge in [0, 0.05) is 39.3 Å². The van der Waals surface area contributed by atoms with Gasteiger partial charge in [0.2, 0.25) is 59.1 Å². The Hall–Kier alpha value is -10.0. The van der Waals surface area contributed by atoms with E-state index in [0.29, 0.717) is 56.2 Å². The first-order valence-electron chi connectivity index (χ1n) is 33.7. The molecule has 38 heteroatoms. The Kier molecular flexibility index (Phi) is 45.1. The summed E-state index contributed by atoms with van der Waals surface area (Å²) in [6, 6.07) is -3.38. The number of carboxylic acids is 2. The molecule has 0 radical (unpaired) electrons. The number of primary amides is 1. The number of phenols is 2. The Morgan fingerprint density at radius 3 is 0.951 bits per heavy atom. The zero-order chi connectivity index (χ0) is 76.7. The highest BCUT2D eigenvalue weighted by atomic mass is 16.4. The number of aliphatic imine (C=N–C) groups is 2. The van der Waals surface area contributed by atoms with E-state index in [1.807, 2.05) is 0 Å². The van der Waals surface area contributed by atoms with Gasteiger partial charge in [-0.05, 0) is 164 Å². The second-order valence-corrected chi connectivity index (χ2v) is 24.0. The van der Waals surface area contributed by atoms with Crippen LogP contribution in [0.5, 0.6) is 11.5 Å². The van der Waals surface area contributed by atoms with E-state index >= 15 is 0 Å². The van der Waals surface area contributed by atoms with Gasteiger partial charge in [-0.3, -0.25) is 62.7 Å². The molecule has 0 fully saturated rings. The number of aliphatic hydroxyl groups excluding tert-OH is 1. The van der Waals surface area contributed by atoms with Crippen LogP contribution in [0.4, 0.5) is 0 Å². The Morgan fingerprint density at radius 2 is 0.637 bits per heavy atom. The van der Waals surface area contributed by atoms with Gasteiger partial charge in [0.1, 0.15) is 65.9 Å². The van der Waals surface area contributed by atoms with E-state index in [4.69, 9.17) is 67.2 Å². The maximum atomic E-state index is 14.6. The summed E-state index contributed by atoms with van der Waals surface area (Å²) < 4.78 is 0. The standard InChI is InChI=1S/C62H105N21O15.C2H4O2/c63-27-5-1-11-40(67)51(88)81-47(33-36-17-21-38(85)22-18-36)57(94)78-42(13-3-7-29-65)53(90)79-45(25-26-50(68)87)56(93)75-41(12-2-6-28-64)52(89)76-43(15-9-31-73-61(69)70)54(91)77-44(16-10-32-74-62(71)72)55(92)83-49(35-84)59(96)82-48(34-37-19-23-39(86)24-20-37)58(95)80-46(60(97)98)14-4-8-30-66;1-2(3)4/h17-24,40-49,84-86H,1-16,25-35,63-67H2,(H2,68,87)(H,75,93)(H,76,89)(H,77,91)(H,78,94)(H,79,90)(H,80,95)(H,81,88)(H,82,96)(H,83,92)(H,97,98)(H4,69,70,73)(H4,71,72,74);1H3,(H,3,4)/t40-,41-,42-,43-,44-,45-,46-,47-,48-,49-;/m0./s1. The molecule has 10 amide bonds. The number of guanidine groups is 2. The number of hydrogen-bond donors (Lipinski definition) is 24. The first kappa shape index (κ1) is 90.0. The molecule has 0 aliphatic heterocycles.